The van der Waals surface area contributed by atoms with Crippen LogP contribution in [0.25, 0.3) is 11.2 Å². The second-order valence-corrected chi connectivity index (χ2v) is 4.81. The molecule has 0 radical (unpaired) electrons. The largest absolute Gasteiger partial charge is 0.312 e. The average molecular weight is 318 g/mol. The minimum atomic E-state index is 0.613. The molecule has 5 heteroatoms. The van der Waals surface area contributed by atoms with Gasteiger partial charge in [-0.05, 0) is 12.1 Å². The smallest absolute Gasteiger partial charge is 0.0987 e. The first-order chi connectivity index (χ1) is 7.66. The van der Waals surface area contributed by atoms with Crippen LogP contribution in [0.3, 0.4) is 0 Å². The highest BCUT2D eigenvalue weighted by molar-refractivity contribution is 9.10. The Hall–Kier alpha value is -0.770. The van der Waals surface area contributed by atoms with Gasteiger partial charge in [-0.2, -0.15) is 0 Å². The monoisotopic (exact) mass is 316 g/mol. The number of imidazole rings is 1. The van der Waals surface area contributed by atoms with Gasteiger partial charge >= 0.3 is 0 Å². The Morgan fingerprint density at radius 1 is 1.44 bits per heavy atom. The molecule has 1 heterocycles. The van der Waals surface area contributed by atoms with E-state index >= 15 is 0 Å². The summed E-state index contributed by atoms with van der Waals surface area (Å²) in [5.74, 6) is 0. The molecule has 0 atom stereocenters. The molecule has 0 spiro atoms. The first kappa shape index (κ1) is 11.7. The maximum atomic E-state index is 6.19. The fraction of sp³-hybridized carbons (Fsp3) is 0. The highest BCUT2D eigenvalue weighted by Crippen LogP contribution is 2.29. The summed E-state index contributed by atoms with van der Waals surface area (Å²) in [7, 11) is 0. The quantitative estimate of drug-likeness (QED) is 0.797. The van der Waals surface area contributed by atoms with E-state index < -0.39 is 0 Å². The minimum Gasteiger partial charge on any atom is -0.312 e. The summed E-state index contributed by atoms with van der Waals surface area (Å²) in [4.78, 5) is 3.93. The molecule has 2 nitrogen and oxygen atoms in total. The van der Waals surface area contributed by atoms with Crippen LogP contribution in [0, 0.1) is 0 Å². The van der Waals surface area contributed by atoms with E-state index in [1.165, 1.54) is 0 Å². The maximum Gasteiger partial charge on any atom is 0.0987 e. The Labute approximate surface area is 112 Å². The van der Waals surface area contributed by atoms with Crippen molar-refractivity contribution in [1.82, 2.24) is 9.55 Å². The molecule has 0 saturated carbocycles. The topological polar surface area (TPSA) is 17.8 Å². The summed E-state index contributed by atoms with van der Waals surface area (Å²) in [5.41, 5.74) is 0.889. The van der Waals surface area contributed by atoms with Gasteiger partial charge in [-0.25, -0.2) is 4.98 Å². The zero-order valence-electron chi connectivity index (χ0n) is 8.07. The molecule has 0 unspecified atom stereocenters. The van der Waals surface area contributed by atoms with Gasteiger partial charge in [-0.3, -0.25) is 0 Å². The lowest BCUT2D eigenvalue weighted by Crippen LogP contribution is -1.84. The molecule has 1 aromatic heterocycles. The summed E-state index contributed by atoms with van der Waals surface area (Å²) in [6, 6.07) is 5.47. The Morgan fingerprint density at radius 3 is 2.88 bits per heavy atom. The number of nitrogens with zero attached hydrogens (tertiary/aromatic N) is 2. The summed E-state index contributed by atoms with van der Waals surface area (Å²) in [6.07, 6.45) is 6.96. The van der Waals surface area contributed by atoms with Crippen molar-refractivity contribution in [3.8, 4) is 0 Å². The molecule has 0 amide bonds. The molecule has 0 fully saturated rings. The van der Waals surface area contributed by atoms with Crippen LogP contribution in [0.1, 0.15) is 5.56 Å². The first-order valence-electron chi connectivity index (χ1n) is 4.47. The van der Waals surface area contributed by atoms with Crippen LogP contribution < -0.4 is 0 Å². The van der Waals surface area contributed by atoms with E-state index in [-0.39, 0.29) is 0 Å². The number of rotatable bonds is 2. The maximum absolute atomic E-state index is 6.19. The van der Waals surface area contributed by atoms with Crippen molar-refractivity contribution in [2.45, 2.75) is 0 Å². The molecule has 82 valence electrons. The second-order valence-electron chi connectivity index (χ2n) is 3.11. The standard InChI is InChI=1S/C11H7BrCl2N2/c12-10-5-8(13)1-2-9(10)11(14)6-16-4-3-15-7-16/h1-7H. The Kier molecular flexibility index (Phi) is 3.69. The van der Waals surface area contributed by atoms with Crippen molar-refractivity contribution in [2.24, 2.45) is 0 Å². The van der Waals surface area contributed by atoms with Crippen LogP contribution in [0.2, 0.25) is 5.02 Å². The van der Waals surface area contributed by atoms with Crippen LogP contribution >= 0.6 is 39.1 Å². The summed E-state index contributed by atoms with van der Waals surface area (Å²) in [6.45, 7) is 0. The molecule has 2 aromatic rings. The number of aromatic nitrogens is 2. The average Bonchev–Trinajstić information content (AvgIpc) is 2.70. The van der Waals surface area contributed by atoms with Gasteiger partial charge in [0, 0.05) is 33.7 Å². The predicted octanol–water partition coefficient (Wildman–Crippen LogP) is 4.49. The van der Waals surface area contributed by atoms with Crippen molar-refractivity contribution in [2.75, 3.05) is 0 Å². The normalized spacial score (nSPS) is 11.8. The van der Waals surface area contributed by atoms with E-state index in [0.717, 1.165) is 10.0 Å². The van der Waals surface area contributed by atoms with E-state index in [1.54, 1.807) is 35.4 Å². The van der Waals surface area contributed by atoms with Gasteiger partial charge in [-0.1, -0.05) is 45.2 Å². The Morgan fingerprint density at radius 2 is 2.25 bits per heavy atom. The minimum absolute atomic E-state index is 0.613. The van der Waals surface area contributed by atoms with E-state index in [1.807, 2.05) is 12.3 Å². The molecule has 0 saturated heterocycles. The molecular weight excluding hydrogens is 311 g/mol. The van der Waals surface area contributed by atoms with Crippen molar-refractivity contribution >= 4 is 50.4 Å². The second kappa shape index (κ2) is 5.04. The lowest BCUT2D eigenvalue weighted by molar-refractivity contribution is 1.14. The van der Waals surface area contributed by atoms with Gasteiger partial charge < -0.3 is 4.57 Å². The molecule has 0 aliphatic carbocycles. The molecule has 0 N–H and O–H groups in total. The number of hydrogen-bond acceptors (Lipinski definition) is 1. The van der Waals surface area contributed by atoms with E-state index in [9.17, 15) is 0 Å². The molecule has 16 heavy (non-hydrogen) atoms. The highest BCUT2D eigenvalue weighted by Gasteiger charge is 2.04. The molecule has 1 aromatic carbocycles. The van der Waals surface area contributed by atoms with Gasteiger partial charge in [0.2, 0.25) is 0 Å². The molecular formula is C11H7BrCl2N2. The lowest BCUT2D eigenvalue weighted by Gasteiger charge is -2.03. The van der Waals surface area contributed by atoms with Crippen LogP contribution in [0.4, 0.5) is 0 Å². The Balaban J connectivity index is 2.37. The van der Waals surface area contributed by atoms with Crippen LogP contribution in [-0.2, 0) is 0 Å². The Bertz CT molecular complexity index is 521. The SMILES string of the molecule is ClC(=Cn1ccnc1)c1ccc(Cl)cc1Br. The molecule has 0 aliphatic rings. The lowest BCUT2D eigenvalue weighted by atomic mass is 10.2. The van der Waals surface area contributed by atoms with Gasteiger partial charge in [0.15, 0.2) is 0 Å². The van der Waals surface area contributed by atoms with Crippen molar-refractivity contribution in [1.29, 1.82) is 0 Å². The fourth-order valence-corrected chi connectivity index (χ4v) is 2.52. The number of halogens is 3. The molecule has 0 bridgehead atoms. The summed E-state index contributed by atoms with van der Waals surface area (Å²) in [5, 5.41) is 1.28. The molecule has 0 aliphatic heterocycles. The number of benzene rings is 1. The van der Waals surface area contributed by atoms with Crippen molar-refractivity contribution < 1.29 is 0 Å². The van der Waals surface area contributed by atoms with E-state index in [2.05, 4.69) is 20.9 Å². The van der Waals surface area contributed by atoms with Gasteiger partial charge in [0.05, 0.1) is 11.4 Å². The molecule has 2 rings (SSSR count). The van der Waals surface area contributed by atoms with Crippen LogP contribution in [0.15, 0.2) is 41.4 Å². The van der Waals surface area contributed by atoms with Gasteiger partial charge in [-0.15, -0.1) is 0 Å². The zero-order chi connectivity index (χ0) is 11.5. The van der Waals surface area contributed by atoms with Gasteiger partial charge in [0.25, 0.3) is 0 Å². The third-order valence-electron chi connectivity index (χ3n) is 1.98. The summed E-state index contributed by atoms with van der Waals surface area (Å²) < 4.78 is 2.64. The fourth-order valence-electron chi connectivity index (χ4n) is 1.23. The number of hydrogen-bond donors (Lipinski definition) is 0. The van der Waals surface area contributed by atoms with Crippen molar-refractivity contribution in [3.63, 3.8) is 0 Å². The van der Waals surface area contributed by atoms with Crippen LogP contribution in [-0.4, -0.2) is 9.55 Å². The predicted molar refractivity (Wildman–Crippen MR) is 71.4 cm³/mol. The van der Waals surface area contributed by atoms with Crippen LogP contribution in [0.5, 0.6) is 0 Å². The third-order valence-corrected chi connectivity index (χ3v) is 3.17. The zero-order valence-corrected chi connectivity index (χ0v) is 11.2. The van der Waals surface area contributed by atoms with E-state index in [4.69, 9.17) is 23.2 Å². The van der Waals surface area contributed by atoms with Gasteiger partial charge in [0.1, 0.15) is 0 Å². The van der Waals surface area contributed by atoms with E-state index in [0.29, 0.717) is 10.1 Å². The van der Waals surface area contributed by atoms with Crippen molar-refractivity contribution in [3.05, 3.63) is 52.0 Å². The summed E-state index contributed by atoms with van der Waals surface area (Å²) >= 11 is 15.5. The first-order valence-corrected chi connectivity index (χ1v) is 6.02. The third kappa shape index (κ3) is 2.67. The highest BCUT2D eigenvalue weighted by atomic mass is 79.9.